The summed E-state index contributed by atoms with van der Waals surface area (Å²) < 4.78 is 1.33. The zero-order chi connectivity index (χ0) is 22.2. The molecular weight excluding hydrogens is 392 g/mol. The van der Waals surface area contributed by atoms with E-state index in [0.29, 0.717) is 19.4 Å². The minimum atomic E-state index is -0.616. The van der Waals surface area contributed by atoms with Crippen LogP contribution in [0.25, 0.3) is 0 Å². The second-order valence-electron chi connectivity index (χ2n) is 8.07. The van der Waals surface area contributed by atoms with Crippen molar-refractivity contribution in [2.45, 2.75) is 64.8 Å². The van der Waals surface area contributed by atoms with Crippen molar-refractivity contribution < 1.29 is 4.79 Å². The molecule has 2 aromatic rings. The molecule has 0 radical (unpaired) electrons. The van der Waals surface area contributed by atoms with Crippen molar-refractivity contribution in [2.24, 2.45) is 0 Å². The highest BCUT2D eigenvalue weighted by molar-refractivity contribution is 5.95. The molecule has 0 unspecified atom stereocenters. The molecule has 166 valence electrons. The quantitative estimate of drug-likeness (QED) is 0.601. The van der Waals surface area contributed by atoms with Crippen LogP contribution in [0.4, 0.5) is 11.5 Å². The van der Waals surface area contributed by atoms with Crippen LogP contribution in [0, 0.1) is 0 Å². The van der Waals surface area contributed by atoms with Gasteiger partial charge in [0, 0.05) is 13.0 Å². The van der Waals surface area contributed by atoms with E-state index in [2.05, 4.69) is 11.1 Å². The minimum absolute atomic E-state index is 0.0278. The third-order valence-corrected chi connectivity index (χ3v) is 5.75. The zero-order valence-electron chi connectivity index (χ0n) is 18.2. The lowest BCUT2D eigenvalue weighted by atomic mass is 9.97. The van der Waals surface area contributed by atoms with Gasteiger partial charge in [0.05, 0.1) is 6.54 Å². The average Bonchev–Trinajstić information content (AvgIpc) is 2.78. The van der Waals surface area contributed by atoms with Gasteiger partial charge < -0.3 is 10.6 Å². The molecule has 1 amide bonds. The number of amides is 1. The van der Waals surface area contributed by atoms with Crippen LogP contribution in [-0.2, 0) is 11.3 Å². The lowest BCUT2D eigenvalue weighted by Crippen LogP contribution is -2.41. The first-order chi connectivity index (χ1) is 15.0. The van der Waals surface area contributed by atoms with Gasteiger partial charge in [0.15, 0.2) is 5.69 Å². The van der Waals surface area contributed by atoms with Crippen LogP contribution >= 0.6 is 0 Å². The van der Waals surface area contributed by atoms with Crippen molar-refractivity contribution >= 4 is 17.4 Å². The molecule has 1 aliphatic rings. The Morgan fingerprint density at radius 1 is 1.19 bits per heavy atom. The Morgan fingerprint density at radius 2 is 1.97 bits per heavy atom. The van der Waals surface area contributed by atoms with Crippen molar-refractivity contribution in [3.05, 3.63) is 68.4 Å². The number of hydrogen-bond donors (Lipinski definition) is 2. The number of anilines is 2. The van der Waals surface area contributed by atoms with Crippen molar-refractivity contribution in [3.8, 4) is 0 Å². The standard InChI is InChI=1S/C24H32N4O3/c1-2-3-14-20(29)27(16-15-18-10-6-4-7-11-18)21-22(25)28(24(31)26-23(21)30)17-19-12-8-5-9-13-19/h5,8-10,12-13H,2-4,6-7,11,14-17,25H2,1H3,(H,26,30,31). The summed E-state index contributed by atoms with van der Waals surface area (Å²) in [5.41, 5.74) is 7.42. The van der Waals surface area contributed by atoms with E-state index in [-0.39, 0.29) is 24.0 Å². The number of carbonyl (C=O) groups is 1. The Hall–Kier alpha value is -3.09. The smallest absolute Gasteiger partial charge is 0.330 e. The molecule has 0 saturated heterocycles. The lowest BCUT2D eigenvalue weighted by molar-refractivity contribution is -0.118. The molecule has 31 heavy (non-hydrogen) atoms. The summed E-state index contributed by atoms with van der Waals surface area (Å²) >= 11 is 0. The maximum absolute atomic E-state index is 13.0. The molecule has 3 N–H and O–H groups in total. The van der Waals surface area contributed by atoms with Crippen LogP contribution in [0.1, 0.15) is 63.9 Å². The number of aromatic amines is 1. The van der Waals surface area contributed by atoms with Gasteiger partial charge in [-0.1, -0.05) is 55.3 Å². The number of unbranched alkanes of at least 4 members (excludes halogenated alkanes) is 1. The molecule has 0 bridgehead atoms. The fourth-order valence-corrected chi connectivity index (χ4v) is 3.97. The topological polar surface area (TPSA) is 101 Å². The summed E-state index contributed by atoms with van der Waals surface area (Å²) in [4.78, 5) is 42.2. The summed E-state index contributed by atoms with van der Waals surface area (Å²) in [5.74, 6) is -0.111. The maximum Gasteiger partial charge on any atom is 0.330 e. The van der Waals surface area contributed by atoms with Gasteiger partial charge in [-0.2, -0.15) is 0 Å². The maximum atomic E-state index is 13.0. The van der Waals surface area contributed by atoms with E-state index < -0.39 is 11.2 Å². The second-order valence-corrected chi connectivity index (χ2v) is 8.07. The number of carbonyl (C=O) groups excluding carboxylic acids is 1. The molecule has 1 heterocycles. The SMILES string of the molecule is CCCCC(=O)N(CCC1=CCCCC1)c1c(N)n(Cc2ccccc2)c(=O)[nH]c1=O. The van der Waals surface area contributed by atoms with Gasteiger partial charge in [0.1, 0.15) is 5.82 Å². The fraction of sp³-hybridized carbons (Fsp3) is 0.458. The van der Waals surface area contributed by atoms with Gasteiger partial charge in [-0.3, -0.25) is 19.1 Å². The van der Waals surface area contributed by atoms with E-state index >= 15 is 0 Å². The number of hydrogen-bond acceptors (Lipinski definition) is 4. The molecule has 0 fully saturated rings. The van der Waals surface area contributed by atoms with Crippen LogP contribution in [-0.4, -0.2) is 22.0 Å². The van der Waals surface area contributed by atoms with Crippen molar-refractivity contribution in [1.29, 1.82) is 0 Å². The van der Waals surface area contributed by atoms with E-state index in [1.807, 2.05) is 37.3 Å². The highest BCUT2D eigenvalue weighted by atomic mass is 16.2. The number of nitrogens with zero attached hydrogens (tertiary/aromatic N) is 2. The molecule has 7 heteroatoms. The van der Waals surface area contributed by atoms with Gasteiger partial charge in [0.25, 0.3) is 5.56 Å². The van der Waals surface area contributed by atoms with Gasteiger partial charge in [-0.25, -0.2) is 4.79 Å². The first kappa shape index (κ1) is 22.6. The second kappa shape index (κ2) is 10.8. The highest BCUT2D eigenvalue weighted by Crippen LogP contribution is 2.24. The molecule has 3 rings (SSSR count). The highest BCUT2D eigenvalue weighted by Gasteiger charge is 2.24. The molecule has 1 aromatic carbocycles. The normalized spacial score (nSPS) is 13.6. The number of nitrogen functional groups attached to an aromatic ring is 1. The number of allylic oxidation sites excluding steroid dienone is 1. The van der Waals surface area contributed by atoms with Crippen molar-refractivity contribution in [1.82, 2.24) is 9.55 Å². The van der Waals surface area contributed by atoms with E-state index in [0.717, 1.165) is 37.7 Å². The molecular formula is C24H32N4O3. The Labute approximate surface area is 182 Å². The van der Waals surface area contributed by atoms with E-state index in [9.17, 15) is 14.4 Å². The van der Waals surface area contributed by atoms with Crippen LogP contribution < -0.4 is 21.9 Å². The Balaban J connectivity index is 1.97. The van der Waals surface area contributed by atoms with Crippen LogP contribution in [0.5, 0.6) is 0 Å². The van der Waals surface area contributed by atoms with Crippen LogP contribution in [0.3, 0.4) is 0 Å². The van der Waals surface area contributed by atoms with Crippen LogP contribution in [0.2, 0.25) is 0 Å². The van der Waals surface area contributed by atoms with Gasteiger partial charge in [-0.15, -0.1) is 0 Å². The number of H-pyrrole nitrogens is 1. The number of nitrogens with two attached hydrogens (primary N) is 1. The van der Waals surface area contributed by atoms with Crippen molar-refractivity contribution in [3.63, 3.8) is 0 Å². The molecule has 0 spiro atoms. The minimum Gasteiger partial charge on any atom is -0.383 e. The third kappa shape index (κ3) is 5.75. The molecule has 1 aliphatic carbocycles. The summed E-state index contributed by atoms with van der Waals surface area (Å²) in [6, 6.07) is 9.41. The van der Waals surface area contributed by atoms with E-state index in [4.69, 9.17) is 5.73 Å². The van der Waals surface area contributed by atoms with E-state index in [1.165, 1.54) is 21.5 Å². The Kier molecular flexibility index (Phi) is 7.87. The van der Waals surface area contributed by atoms with Gasteiger partial charge in [0.2, 0.25) is 5.91 Å². The number of aromatic nitrogens is 2. The van der Waals surface area contributed by atoms with Gasteiger partial charge >= 0.3 is 5.69 Å². The molecule has 0 saturated carbocycles. The predicted octanol–water partition coefficient (Wildman–Crippen LogP) is 3.58. The first-order valence-corrected chi connectivity index (χ1v) is 11.2. The summed E-state index contributed by atoms with van der Waals surface area (Å²) in [6.45, 7) is 2.62. The first-order valence-electron chi connectivity index (χ1n) is 11.2. The van der Waals surface area contributed by atoms with E-state index in [1.54, 1.807) is 0 Å². The summed E-state index contributed by atoms with van der Waals surface area (Å²) in [7, 11) is 0. The number of nitrogens with one attached hydrogen (secondary N) is 1. The average molecular weight is 425 g/mol. The molecule has 1 aromatic heterocycles. The number of rotatable bonds is 9. The Morgan fingerprint density at radius 3 is 2.65 bits per heavy atom. The molecule has 0 atom stereocenters. The number of benzene rings is 1. The largest absolute Gasteiger partial charge is 0.383 e. The Bertz CT molecular complexity index is 1040. The van der Waals surface area contributed by atoms with Crippen molar-refractivity contribution in [2.75, 3.05) is 17.2 Å². The molecule has 7 nitrogen and oxygen atoms in total. The lowest BCUT2D eigenvalue weighted by Gasteiger charge is -2.25. The summed E-state index contributed by atoms with van der Waals surface area (Å²) in [5, 5.41) is 0. The fourth-order valence-electron chi connectivity index (χ4n) is 3.97. The monoisotopic (exact) mass is 424 g/mol. The third-order valence-electron chi connectivity index (χ3n) is 5.75. The van der Waals surface area contributed by atoms with Gasteiger partial charge in [-0.05, 0) is 44.1 Å². The zero-order valence-corrected chi connectivity index (χ0v) is 18.2. The predicted molar refractivity (Wildman–Crippen MR) is 124 cm³/mol. The molecule has 0 aliphatic heterocycles. The van der Waals surface area contributed by atoms with Crippen LogP contribution in [0.15, 0.2) is 51.6 Å². The summed E-state index contributed by atoms with van der Waals surface area (Å²) in [6.07, 6.45) is 9.33.